The van der Waals surface area contributed by atoms with Gasteiger partial charge in [-0.2, -0.15) is 0 Å². The van der Waals surface area contributed by atoms with Gasteiger partial charge in [0.2, 0.25) is 5.91 Å². The van der Waals surface area contributed by atoms with E-state index in [2.05, 4.69) is 26.8 Å². The molecule has 0 unspecified atom stereocenters. The zero-order valence-electron chi connectivity index (χ0n) is 20.6. The Bertz CT molecular complexity index is 1710. The average Bonchev–Trinajstić information content (AvgIpc) is 2.80. The Balaban J connectivity index is 1.98. The number of amides is 1. The molecule has 0 aliphatic rings. The summed E-state index contributed by atoms with van der Waals surface area (Å²) < 4.78 is 27.9. The number of H-pyrrole nitrogens is 2. The van der Waals surface area contributed by atoms with Crippen LogP contribution in [-0.4, -0.2) is 31.6 Å². The lowest BCUT2D eigenvalue weighted by atomic mass is 9.87. The van der Waals surface area contributed by atoms with E-state index < -0.39 is 40.3 Å². The minimum Gasteiger partial charge on any atom is -0.378 e. The van der Waals surface area contributed by atoms with Crippen LogP contribution in [0.2, 0.25) is 0 Å². The number of fused-ring (bicyclic) bond motifs is 1. The van der Waals surface area contributed by atoms with E-state index in [1.807, 2.05) is 0 Å². The number of rotatable bonds is 6. The van der Waals surface area contributed by atoms with Gasteiger partial charge in [0, 0.05) is 29.5 Å². The average molecular weight is 519 g/mol. The first-order valence-electron chi connectivity index (χ1n) is 11.6. The van der Waals surface area contributed by atoms with Crippen molar-refractivity contribution in [3.63, 3.8) is 0 Å². The van der Waals surface area contributed by atoms with Crippen LogP contribution >= 0.6 is 0 Å². The van der Waals surface area contributed by atoms with Gasteiger partial charge < -0.3 is 15.8 Å². The highest BCUT2D eigenvalue weighted by molar-refractivity contribution is 5.93. The van der Waals surface area contributed by atoms with Gasteiger partial charge in [0.1, 0.15) is 22.9 Å². The molecule has 0 aliphatic heterocycles. The number of hydrogen-bond donors (Lipinski definition) is 4. The number of hydrogen-bond acceptors (Lipinski definition) is 5. The molecule has 2 aromatic heterocycles. The molecule has 0 fully saturated rings. The van der Waals surface area contributed by atoms with E-state index in [-0.39, 0.29) is 35.0 Å². The predicted molar refractivity (Wildman–Crippen MR) is 138 cm³/mol. The molecule has 0 saturated carbocycles. The number of aromatic nitrogens is 3. The molecule has 5 N–H and O–H groups in total. The Kier molecular flexibility index (Phi) is 7.23. The molecular formula is C28H24F2N4O4. The molecule has 8 nitrogen and oxygen atoms in total. The molecule has 4 rings (SSSR count). The summed E-state index contributed by atoms with van der Waals surface area (Å²) in [5.74, 6) is 2.49. The topological polar surface area (TPSA) is 142 Å². The summed E-state index contributed by atoms with van der Waals surface area (Å²) in [6, 6.07) is 11.1. The van der Waals surface area contributed by atoms with Crippen molar-refractivity contribution < 1.29 is 18.7 Å². The second-order valence-electron chi connectivity index (χ2n) is 9.42. The molecule has 4 aromatic rings. The number of carbonyl (C=O) groups excluding carboxylic acids is 1. The summed E-state index contributed by atoms with van der Waals surface area (Å²) in [5.41, 5.74) is 4.93. The lowest BCUT2D eigenvalue weighted by molar-refractivity contribution is -0.118. The van der Waals surface area contributed by atoms with Crippen molar-refractivity contribution in [2.24, 2.45) is 5.73 Å². The number of nitrogens with two attached hydrogens (primary N) is 1. The van der Waals surface area contributed by atoms with E-state index in [4.69, 9.17) is 5.73 Å². The predicted octanol–water partition coefficient (Wildman–Crippen LogP) is 2.88. The number of nitrogens with one attached hydrogen (secondary N) is 2. The molecule has 10 heteroatoms. The minimum atomic E-state index is -1.30. The first-order chi connectivity index (χ1) is 17.9. The summed E-state index contributed by atoms with van der Waals surface area (Å²) in [7, 11) is 0. The summed E-state index contributed by atoms with van der Waals surface area (Å²) in [4.78, 5) is 46.1. The fourth-order valence-corrected chi connectivity index (χ4v) is 4.24. The Morgan fingerprint density at radius 2 is 1.79 bits per heavy atom. The van der Waals surface area contributed by atoms with Gasteiger partial charge in [-0.3, -0.25) is 14.6 Å². The fraction of sp³-hybridized carbons (Fsp3) is 0.214. The first kappa shape index (κ1) is 26.4. The van der Waals surface area contributed by atoms with Gasteiger partial charge >= 0.3 is 5.69 Å². The van der Waals surface area contributed by atoms with Crippen LogP contribution < -0.4 is 17.0 Å². The second-order valence-corrected chi connectivity index (χ2v) is 9.42. The van der Waals surface area contributed by atoms with E-state index in [1.54, 1.807) is 30.3 Å². The maximum absolute atomic E-state index is 14.0. The lowest BCUT2D eigenvalue weighted by Gasteiger charge is -2.20. The van der Waals surface area contributed by atoms with E-state index in [0.717, 1.165) is 18.2 Å². The van der Waals surface area contributed by atoms with Gasteiger partial charge in [0.25, 0.3) is 5.56 Å². The van der Waals surface area contributed by atoms with E-state index in [1.165, 1.54) is 13.8 Å². The number of pyridine rings is 1. The van der Waals surface area contributed by atoms with Crippen LogP contribution in [0.1, 0.15) is 43.1 Å². The van der Waals surface area contributed by atoms with Crippen molar-refractivity contribution in [3.05, 3.63) is 98.0 Å². The molecule has 2 heterocycles. The molecule has 1 atom stereocenters. The third-order valence-corrected chi connectivity index (χ3v) is 5.72. The van der Waals surface area contributed by atoms with Gasteiger partial charge in [-0.05, 0) is 62.1 Å². The molecule has 0 radical (unpaired) electrons. The Hall–Kier alpha value is -4.62. The van der Waals surface area contributed by atoms with Gasteiger partial charge in [-0.25, -0.2) is 18.6 Å². The highest BCUT2D eigenvalue weighted by atomic mass is 19.1. The number of carbonyl (C=O) groups is 1. The van der Waals surface area contributed by atoms with Crippen molar-refractivity contribution in [2.45, 2.75) is 38.2 Å². The standard InChI is InChI=1S/C28H24F2N4O4/c1-28(2,38)9-8-19-6-7-21(20-4-3-5-22-25(20)33-27(37)34-26(22)36)24(32-19)16(13-23(31)35)10-15-11-17(29)14-18(30)12-15/h3-7,11-12,14,16,38H,10,13H2,1-2H3,(H2,31,35)(H2,33,34,36,37)/t16-/m0/s1. The van der Waals surface area contributed by atoms with Gasteiger partial charge in [-0.15, -0.1) is 0 Å². The fourth-order valence-electron chi connectivity index (χ4n) is 4.24. The Morgan fingerprint density at radius 3 is 2.45 bits per heavy atom. The van der Waals surface area contributed by atoms with Crippen molar-refractivity contribution in [2.75, 3.05) is 0 Å². The number of para-hydroxylation sites is 1. The van der Waals surface area contributed by atoms with Crippen LogP contribution in [0.4, 0.5) is 8.78 Å². The van der Waals surface area contributed by atoms with Crippen molar-refractivity contribution in [1.29, 1.82) is 0 Å². The summed E-state index contributed by atoms with van der Waals surface area (Å²) >= 11 is 0. The highest BCUT2D eigenvalue weighted by Crippen LogP contribution is 2.35. The summed E-state index contributed by atoms with van der Waals surface area (Å²) in [6.45, 7) is 3.02. The van der Waals surface area contributed by atoms with Crippen LogP contribution in [0.5, 0.6) is 0 Å². The summed E-state index contributed by atoms with van der Waals surface area (Å²) in [5, 5.41) is 10.2. The molecule has 1 amide bonds. The molecule has 0 spiro atoms. The summed E-state index contributed by atoms with van der Waals surface area (Å²) in [6.07, 6.45) is -0.218. The number of aromatic amines is 2. The Labute approximate surface area is 215 Å². The van der Waals surface area contributed by atoms with E-state index in [0.29, 0.717) is 16.8 Å². The molecule has 2 aromatic carbocycles. The SMILES string of the molecule is CC(C)(O)C#Cc1ccc(-c2cccc3c(=O)[nH]c(=O)[nH]c23)c([C@H](CC(N)=O)Cc2cc(F)cc(F)c2)n1. The zero-order chi connectivity index (χ0) is 27.6. The number of halogens is 2. The first-order valence-corrected chi connectivity index (χ1v) is 11.6. The largest absolute Gasteiger partial charge is 0.378 e. The van der Waals surface area contributed by atoms with Crippen LogP contribution in [0.3, 0.4) is 0 Å². The number of aliphatic hydroxyl groups is 1. The number of benzene rings is 2. The highest BCUT2D eigenvalue weighted by Gasteiger charge is 2.23. The van der Waals surface area contributed by atoms with Gasteiger partial charge in [0.15, 0.2) is 0 Å². The van der Waals surface area contributed by atoms with Crippen molar-refractivity contribution >= 4 is 16.8 Å². The molecule has 0 bridgehead atoms. The van der Waals surface area contributed by atoms with E-state index >= 15 is 0 Å². The maximum Gasteiger partial charge on any atom is 0.326 e. The third-order valence-electron chi connectivity index (χ3n) is 5.72. The van der Waals surface area contributed by atoms with Crippen LogP contribution in [0.15, 0.2) is 58.1 Å². The van der Waals surface area contributed by atoms with Gasteiger partial charge in [-0.1, -0.05) is 18.1 Å². The number of primary amides is 1. The van der Waals surface area contributed by atoms with Crippen molar-refractivity contribution in [3.8, 4) is 23.0 Å². The molecule has 194 valence electrons. The maximum atomic E-state index is 14.0. The van der Waals surface area contributed by atoms with Crippen LogP contribution in [0, 0.1) is 23.5 Å². The second kappa shape index (κ2) is 10.4. The quantitative estimate of drug-likeness (QED) is 0.291. The van der Waals surface area contributed by atoms with Crippen LogP contribution in [-0.2, 0) is 11.2 Å². The molecule has 0 saturated heterocycles. The normalized spacial score (nSPS) is 12.1. The molecule has 0 aliphatic carbocycles. The zero-order valence-corrected chi connectivity index (χ0v) is 20.6. The van der Waals surface area contributed by atoms with Crippen molar-refractivity contribution in [1.82, 2.24) is 15.0 Å². The Morgan fingerprint density at radius 1 is 1.08 bits per heavy atom. The lowest BCUT2D eigenvalue weighted by Crippen LogP contribution is -2.22. The van der Waals surface area contributed by atoms with Crippen LogP contribution in [0.25, 0.3) is 22.0 Å². The third kappa shape index (κ3) is 6.19. The molecular weight excluding hydrogens is 494 g/mol. The van der Waals surface area contributed by atoms with Gasteiger partial charge in [0.05, 0.1) is 16.6 Å². The minimum absolute atomic E-state index is 0.00185. The monoisotopic (exact) mass is 518 g/mol. The molecule has 38 heavy (non-hydrogen) atoms. The smallest absolute Gasteiger partial charge is 0.326 e. The van der Waals surface area contributed by atoms with E-state index in [9.17, 15) is 28.3 Å². The number of nitrogens with zero attached hydrogens (tertiary/aromatic N) is 1.